The van der Waals surface area contributed by atoms with Gasteiger partial charge in [0.25, 0.3) is 0 Å². The number of hydrogen-bond acceptors (Lipinski definition) is 4. The van der Waals surface area contributed by atoms with Crippen LogP contribution in [0.4, 0.5) is 0 Å². The summed E-state index contributed by atoms with van der Waals surface area (Å²) in [6, 6.07) is 3.75. The van der Waals surface area contributed by atoms with E-state index in [2.05, 4.69) is 0 Å². The van der Waals surface area contributed by atoms with Crippen LogP contribution in [0, 0.1) is 0 Å². The molecule has 1 amide bonds. The maximum atomic E-state index is 10.7. The molecule has 0 saturated carbocycles. The number of amides is 1. The highest BCUT2D eigenvalue weighted by molar-refractivity contribution is 5.73. The summed E-state index contributed by atoms with van der Waals surface area (Å²) >= 11 is 0. The summed E-state index contributed by atoms with van der Waals surface area (Å²) in [5.74, 6) is 1.51. The molecule has 1 aromatic rings. The molecule has 1 aromatic carbocycles. The average molecular weight is 253 g/mol. The molecule has 0 saturated heterocycles. The summed E-state index contributed by atoms with van der Waals surface area (Å²) < 4.78 is 15.7. The molecule has 5 heteroatoms. The van der Waals surface area contributed by atoms with Gasteiger partial charge in [-0.15, -0.1) is 0 Å². The van der Waals surface area contributed by atoms with E-state index < -0.39 is 0 Å². The maximum Gasteiger partial charge on any atom is 0.217 e. The molecule has 0 bridgehead atoms. The van der Waals surface area contributed by atoms with Gasteiger partial charge in [-0.05, 0) is 30.5 Å². The third-order valence-corrected chi connectivity index (χ3v) is 2.61. The molecule has 0 spiro atoms. The minimum Gasteiger partial charge on any atom is -0.493 e. The summed E-state index contributed by atoms with van der Waals surface area (Å²) in [7, 11) is 4.71. The lowest BCUT2D eigenvalue weighted by Crippen LogP contribution is -2.10. The Morgan fingerprint density at radius 2 is 1.67 bits per heavy atom. The van der Waals surface area contributed by atoms with Gasteiger partial charge in [-0.25, -0.2) is 0 Å². The van der Waals surface area contributed by atoms with E-state index in [9.17, 15) is 4.79 Å². The summed E-state index contributed by atoms with van der Waals surface area (Å²) in [6.07, 6.45) is 1.81. The van der Waals surface area contributed by atoms with Crippen molar-refractivity contribution in [2.75, 3.05) is 21.3 Å². The maximum absolute atomic E-state index is 10.7. The number of carbonyl (C=O) groups excluding carboxylic acids is 1. The molecule has 0 heterocycles. The molecule has 0 aliphatic heterocycles. The Bertz CT molecular complexity index is 392. The Morgan fingerprint density at radius 1 is 1.11 bits per heavy atom. The van der Waals surface area contributed by atoms with Gasteiger partial charge in [-0.1, -0.05) is 0 Å². The summed E-state index contributed by atoms with van der Waals surface area (Å²) in [5, 5.41) is 0. The zero-order valence-electron chi connectivity index (χ0n) is 11.0. The SMILES string of the molecule is COc1cc(CCCC(N)=O)cc(OC)c1OC. The third kappa shape index (κ3) is 3.55. The van der Waals surface area contributed by atoms with E-state index in [0.29, 0.717) is 30.1 Å². The Balaban J connectivity index is 2.89. The number of methoxy groups -OCH3 is 3. The van der Waals surface area contributed by atoms with Crippen LogP contribution in [-0.2, 0) is 11.2 Å². The van der Waals surface area contributed by atoms with Crippen LogP contribution in [-0.4, -0.2) is 27.2 Å². The van der Waals surface area contributed by atoms with Crippen molar-refractivity contribution in [1.29, 1.82) is 0 Å². The van der Waals surface area contributed by atoms with Crippen LogP contribution in [0.3, 0.4) is 0 Å². The van der Waals surface area contributed by atoms with Gasteiger partial charge in [-0.3, -0.25) is 4.79 Å². The van der Waals surface area contributed by atoms with E-state index in [1.54, 1.807) is 21.3 Å². The summed E-state index contributed by atoms with van der Waals surface area (Å²) in [5.41, 5.74) is 6.13. The molecule has 0 fully saturated rings. The molecule has 0 aliphatic rings. The second kappa shape index (κ2) is 6.74. The Labute approximate surface area is 107 Å². The monoisotopic (exact) mass is 253 g/mol. The van der Waals surface area contributed by atoms with Crippen LogP contribution in [0.1, 0.15) is 18.4 Å². The first kappa shape index (κ1) is 14.2. The number of primary amides is 1. The molecule has 5 nitrogen and oxygen atoms in total. The van der Waals surface area contributed by atoms with Crippen LogP contribution in [0.15, 0.2) is 12.1 Å². The molecule has 0 radical (unpaired) electrons. The fourth-order valence-corrected chi connectivity index (χ4v) is 1.75. The number of carbonyl (C=O) groups is 1. The van der Waals surface area contributed by atoms with Gasteiger partial charge in [-0.2, -0.15) is 0 Å². The van der Waals surface area contributed by atoms with Gasteiger partial charge >= 0.3 is 0 Å². The minimum atomic E-state index is -0.289. The van der Waals surface area contributed by atoms with E-state index in [0.717, 1.165) is 12.0 Å². The van der Waals surface area contributed by atoms with E-state index in [-0.39, 0.29) is 5.91 Å². The minimum absolute atomic E-state index is 0.289. The van der Waals surface area contributed by atoms with Crippen LogP contribution in [0.25, 0.3) is 0 Å². The second-order valence-corrected chi connectivity index (χ2v) is 3.85. The Kier molecular flexibility index (Phi) is 5.30. The lowest BCUT2D eigenvalue weighted by Gasteiger charge is -2.13. The molecule has 0 atom stereocenters. The van der Waals surface area contributed by atoms with Crippen molar-refractivity contribution < 1.29 is 19.0 Å². The van der Waals surface area contributed by atoms with Gasteiger partial charge < -0.3 is 19.9 Å². The van der Waals surface area contributed by atoms with Crippen LogP contribution in [0.2, 0.25) is 0 Å². The molecule has 0 unspecified atom stereocenters. The number of rotatable bonds is 7. The first-order chi connectivity index (χ1) is 8.62. The van der Waals surface area contributed by atoms with Crippen LogP contribution >= 0.6 is 0 Å². The molecule has 0 aromatic heterocycles. The van der Waals surface area contributed by atoms with Gasteiger partial charge in [0.05, 0.1) is 21.3 Å². The number of hydrogen-bond donors (Lipinski definition) is 1. The highest BCUT2D eigenvalue weighted by Crippen LogP contribution is 2.38. The topological polar surface area (TPSA) is 70.8 Å². The quantitative estimate of drug-likeness (QED) is 0.799. The highest BCUT2D eigenvalue weighted by atomic mass is 16.5. The number of ether oxygens (including phenoxy) is 3. The van der Waals surface area contributed by atoms with Gasteiger partial charge in [0.2, 0.25) is 11.7 Å². The zero-order chi connectivity index (χ0) is 13.5. The molecule has 0 aliphatic carbocycles. The number of aryl methyl sites for hydroxylation is 1. The molecular formula is C13H19NO4. The van der Waals surface area contributed by atoms with Crippen molar-refractivity contribution in [2.45, 2.75) is 19.3 Å². The van der Waals surface area contributed by atoms with Crippen LogP contribution in [0.5, 0.6) is 17.2 Å². The standard InChI is InChI=1S/C13H19NO4/c1-16-10-7-9(5-4-6-12(14)15)8-11(17-2)13(10)18-3/h7-8H,4-6H2,1-3H3,(H2,14,15). The fourth-order valence-electron chi connectivity index (χ4n) is 1.75. The van der Waals surface area contributed by atoms with Crippen molar-refractivity contribution in [3.8, 4) is 17.2 Å². The van der Waals surface area contributed by atoms with Crippen molar-refractivity contribution in [3.63, 3.8) is 0 Å². The van der Waals surface area contributed by atoms with Crippen molar-refractivity contribution in [3.05, 3.63) is 17.7 Å². The lowest BCUT2D eigenvalue weighted by atomic mass is 10.1. The largest absolute Gasteiger partial charge is 0.493 e. The molecule has 18 heavy (non-hydrogen) atoms. The van der Waals surface area contributed by atoms with Gasteiger partial charge in [0.1, 0.15) is 0 Å². The van der Waals surface area contributed by atoms with E-state index in [1.807, 2.05) is 12.1 Å². The Morgan fingerprint density at radius 3 is 2.06 bits per heavy atom. The third-order valence-electron chi connectivity index (χ3n) is 2.61. The molecule has 1 rings (SSSR count). The normalized spacial score (nSPS) is 9.94. The second-order valence-electron chi connectivity index (χ2n) is 3.85. The lowest BCUT2D eigenvalue weighted by molar-refractivity contribution is -0.118. The van der Waals surface area contributed by atoms with Crippen molar-refractivity contribution >= 4 is 5.91 Å². The first-order valence-electron chi connectivity index (χ1n) is 5.69. The number of benzene rings is 1. The van der Waals surface area contributed by atoms with Crippen LogP contribution < -0.4 is 19.9 Å². The summed E-state index contributed by atoms with van der Waals surface area (Å²) in [4.78, 5) is 10.7. The molecule has 100 valence electrons. The number of nitrogens with two attached hydrogens (primary N) is 1. The zero-order valence-corrected chi connectivity index (χ0v) is 11.0. The highest BCUT2D eigenvalue weighted by Gasteiger charge is 2.12. The Hall–Kier alpha value is -1.91. The van der Waals surface area contributed by atoms with Gasteiger partial charge in [0, 0.05) is 6.42 Å². The van der Waals surface area contributed by atoms with Crippen molar-refractivity contribution in [1.82, 2.24) is 0 Å². The van der Waals surface area contributed by atoms with Gasteiger partial charge in [0.15, 0.2) is 11.5 Å². The van der Waals surface area contributed by atoms with E-state index in [4.69, 9.17) is 19.9 Å². The molecule has 2 N–H and O–H groups in total. The fraction of sp³-hybridized carbons (Fsp3) is 0.462. The van der Waals surface area contributed by atoms with E-state index >= 15 is 0 Å². The van der Waals surface area contributed by atoms with Crippen molar-refractivity contribution in [2.24, 2.45) is 5.73 Å². The smallest absolute Gasteiger partial charge is 0.217 e. The predicted molar refractivity (Wildman–Crippen MR) is 68.2 cm³/mol. The molecular weight excluding hydrogens is 234 g/mol. The van der Waals surface area contributed by atoms with E-state index in [1.165, 1.54) is 0 Å². The average Bonchev–Trinajstić information content (AvgIpc) is 2.36. The first-order valence-corrected chi connectivity index (χ1v) is 5.69. The predicted octanol–water partition coefficient (Wildman–Crippen LogP) is 1.52. The summed E-state index contributed by atoms with van der Waals surface area (Å²) in [6.45, 7) is 0.